The second kappa shape index (κ2) is 5.61. The minimum absolute atomic E-state index is 1.15. The lowest BCUT2D eigenvalue weighted by molar-refractivity contribution is 1.58. The maximum atomic E-state index is 3.37. The molecule has 0 nitrogen and oxygen atoms in total. The summed E-state index contributed by atoms with van der Waals surface area (Å²) < 4.78 is 0. The summed E-state index contributed by atoms with van der Waals surface area (Å²) in [5.41, 5.74) is 6.92. The molecule has 96 valence electrons. The molecule has 0 heterocycles. The molecule has 0 fully saturated rings. The molecule has 0 heteroatoms. The van der Waals surface area contributed by atoms with Crippen molar-refractivity contribution < 1.29 is 0 Å². The predicted octanol–water partition coefficient (Wildman–Crippen LogP) is 5.56. The van der Waals surface area contributed by atoms with E-state index in [9.17, 15) is 0 Å². The number of fused-ring (bicyclic) bond motifs is 1. The molecule has 0 aliphatic carbocycles. The Bertz CT molecular complexity index is 788. The van der Waals surface area contributed by atoms with Crippen molar-refractivity contribution in [1.29, 1.82) is 0 Å². The smallest absolute Gasteiger partial charge is 0.00188 e. The van der Waals surface area contributed by atoms with E-state index in [2.05, 4.69) is 85.5 Å². The van der Waals surface area contributed by atoms with Gasteiger partial charge in [0.05, 0.1) is 0 Å². The van der Waals surface area contributed by atoms with Crippen molar-refractivity contribution in [3.63, 3.8) is 0 Å². The molecule has 0 spiro atoms. The van der Waals surface area contributed by atoms with Gasteiger partial charge in [0.25, 0.3) is 0 Å². The Morgan fingerprint density at radius 2 is 1.50 bits per heavy atom. The van der Waals surface area contributed by atoms with Crippen LogP contribution < -0.4 is 0 Å². The zero-order valence-electron chi connectivity index (χ0n) is 11.5. The maximum absolute atomic E-state index is 3.37. The van der Waals surface area contributed by atoms with Gasteiger partial charge in [0.1, 0.15) is 0 Å². The van der Waals surface area contributed by atoms with E-state index in [-0.39, 0.29) is 0 Å². The number of benzene rings is 3. The van der Waals surface area contributed by atoms with Crippen LogP contribution >= 0.6 is 0 Å². The van der Waals surface area contributed by atoms with Gasteiger partial charge in [0.15, 0.2) is 0 Å². The third-order valence-electron chi connectivity index (χ3n) is 3.44. The van der Waals surface area contributed by atoms with Crippen molar-refractivity contribution in [3.8, 4) is 0 Å². The van der Waals surface area contributed by atoms with E-state index in [0.717, 1.165) is 5.57 Å². The van der Waals surface area contributed by atoms with Crippen LogP contribution in [0.5, 0.6) is 0 Å². The van der Waals surface area contributed by atoms with Crippen LogP contribution in [0.15, 0.2) is 78.5 Å². The first kappa shape index (κ1) is 12.5. The standard InChI is InChI=1S/C20H16/c1-16(18-7-3-2-4-8-18)11-12-17-13-14-19-9-5-6-10-20(19)15-17/h2-10,12-15H,1H3. The Kier molecular flexibility index (Phi) is 3.50. The number of allylic oxidation sites excluding steroid dienone is 1. The van der Waals surface area contributed by atoms with E-state index in [1.54, 1.807) is 0 Å². The lowest BCUT2D eigenvalue weighted by atomic mass is 10.1. The minimum Gasteiger partial charge on any atom is -0.116 e. The number of rotatable bonds is 2. The fourth-order valence-corrected chi connectivity index (χ4v) is 2.26. The van der Waals surface area contributed by atoms with Crippen LogP contribution in [0.3, 0.4) is 0 Å². The molecule has 0 unspecified atom stereocenters. The van der Waals surface area contributed by atoms with Gasteiger partial charge in [-0.2, -0.15) is 0 Å². The van der Waals surface area contributed by atoms with Gasteiger partial charge < -0.3 is 0 Å². The molecule has 0 saturated heterocycles. The first-order valence-electron chi connectivity index (χ1n) is 6.80. The molecule has 0 N–H and O–H groups in total. The number of hydrogen-bond donors (Lipinski definition) is 0. The summed E-state index contributed by atoms with van der Waals surface area (Å²) in [5, 5.41) is 2.54. The monoisotopic (exact) mass is 256 g/mol. The van der Waals surface area contributed by atoms with E-state index < -0.39 is 0 Å². The summed E-state index contributed by atoms with van der Waals surface area (Å²) in [6.45, 7) is 2.09. The molecule has 0 aromatic heterocycles. The zero-order chi connectivity index (χ0) is 13.8. The van der Waals surface area contributed by atoms with Crippen LogP contribution in [0.4, 0.5) is 0 Å². The lowest BCUT2D eigenvalue weighted by Crippen LogP contribution is -1.76. The molecule has 0 atom stereocenters. The van der Waals surface area contributed by atoms with Crippen molar-refractivity contribution in [2.75, 3.05) is 0 Å². The van der Waals surface area contributed by atoms with Gasteiger partial charge in [-0.15, -0.1) is 5.73 Å². The van der Waals surface area contributed by atoms with Gasteiger partial charge in [-0.05, 0) is 46.5 Å². The second-order valence-corrected chi connectivity index (χ2v) is 4.89. The molecule has 0 radical (unpaired) electrons. The average molecular weight is 256 g/mol. The summed E-state index contributed by atoms with van der Waals surface area (Å²) in [6.07, 6.45) is 2.05. The van der Waals surface area contributed by atoms with Crippen LogP contribution in [0.25, 0.3) is 22.4 Å². The number of hydrogen-bond acceptors (Lipinski definition) is 0. The first-order chi connectivity index (χ1) is 9.83. The summed E-state index contributed by atoms with van der Waals surface area (Å²) in [6, 6.07) is 25.2. The SMILES string of the molecule is CC(=C=Cc1ccc2ccccc2c1)c1ccccc1. The molecule has 0 bridgehead atoms. The highest BCUT2D eigenvalue weighted by atomic mass is 14.0. The summed E-state index contributed by atoms with van der Waals surface area (Å²) in [7, 11) is 0. The van der Waals surface area contributed by atoms with Crippen molar-refractivity contribution in [1.82, 2.24) is 0 Å². The van der Waals surface area contributed by atoms with Crippen molar-refractivity contribution in [2.24, 2.45) is 0 Å². The average Bonchev–Trinajstić information content (AvgIpc) is 2.53. The van der Waals surface area contributed by atoms with Crippen molar-refractivity contribution in [3.05, 3.63) is 89.7 Å². The van der Waals surface area contributed by atoms with E-state index in [1.165, 1.54) is 21.9 Å². The third kappa shape index (κ3) is 2.71. The molecule has 3 rings (SSSR count). The van der Waals surface area contributed by atoms with E-state index in [4.69, 9.17) is 0 Å². The molecule has 0 aliphatic heterocycles. The van der Waals surface area contributed by atoms with Crippen molar-refractivity contribution in [2.45, 2.75) is 6.92 Å². The molecule has 0 amide bonds. The molecule has 3 aromatic carbocycles. The van der Waals surface area contributed by atoms with Gasteiger partial charge in [-0.3, -0.25) is 0 Å². The largest absolute Gasteiger partial charge is 0.116 e. The summed E-state index contributed by atoms with van der Waals surface area (Å²) >= 11 is 0. The summed E-state index contributed by atoms with van der Waals surface area (Å²) in [4.78, 5) is 0. The molecule has 20 heavy (non-hydrogen) atoms. The highest BCUT2D eigenvalue weighted by Gasteiger charge is 1.94. The van der Waals surface area contributed by atoms with Crippen LogP contribution in [-0.2, 0) is 0 Å². The molecular formula is C20H16. The molecule has 0 aliphatic rings. The van der Waals surface area contributed by atoms with Crippen LogP contribution in [0.1, 0.15) is 18.1 Å². The Morgan fingerprint density at radius 3 is 2.30 bits per heavy atom. The Balaban J connectivity index is 1.98. The van der Waals surface area contributed by atoms with E-state index >= 15 is 0 Å². The van der Waals surface area contributed by atoms with Crippen LogP contribution in [0.2, 0.25) is 0 Å². The van der Waals surface area contributed by atoms with E-state index in [1.807, 2.05) is 6.07 Å². The zero-order valence-corrected chi connectivity index (χ0v) is 11.5. The second-order valence-electron chi connectivity index (χ2n) is 4.89. The maximum Gasteiger partial charge on any atom is -0.00188 e. The fraction of sp³-hybridized carbons (Fsp3) is 0.0500. The van der Waals surface area contributed by atoms with Gasteiger partial charge in [-0.1, -0.05) is 66.7 Å². The highest BCUT2D eigenvalue weighted by molar-refractivity contribution is 5.84. The highest BCUT2D eigenvalue weighted by Crippen LogP contribution is 2.17. The van der Waals surface area contributed by atoms with Gasteiger partial charge >= 0.3 is 0 Å². The molecule has 3 aromatic rings. The third-order valence-corrected chi connectivity index (χ3v) is 3.44. The van der Waals surface area contributed by atoms with Gasteiger partial charge in [0, 0.05) is 0 Å². The topological polar surface area (TPSA) is 0 Å². The normalized spacial score (nSPS) is 10.1. The van der Waals surface area contributed by atoms with Gasteiger partial charge in [-0.25, -0.2) is 0 Å². The summed E-state index contributed by atoms with van der Waals surface area (Å²) in [5.74, 6) is 0. The lowest BCUT2D eigenvalue weighted by Gasteiger charge is -1.99. The quantitative estimate of drug-likeness (QED) is 0.527. The first-order valence-corrected chi connectivity index (χ1v) is 6.80. The molecular weight excluding hydrogens is 240 g/mol. The van der Waals surface area contributed by atoms with Crippen LogP contribution in [0, 0.1) is 0 Å². The minimum atomic E-state index is 1.15. The Labute approximate surface area is 119 Å². The van der Waals surface area contributed by atoms with Crippen LogP contribution in [-0.4, -0.2) is 0 Å². The fourth-order valence-electron chi connectivity index (χ4n) is 2.26. The predicted molar refractivity (Wildman–Crippen MR) is 87.4 cm³/mol. The Hall–Kier alpha value is -2.56. The van der Waals surface area contributed by atoms with E-state index in [0.29, 0.717) is 0 Å². The van der Waals surface area contributed by atoms with Gasteiger partial charge in [0.2, 0.25) is 0 Å². The molecule has 0 saturated carbocycles. The van der Waals surface area contributed by atoms with Crippen molar-refractivity contribution >= 4 is 22.4 Å². The Morgan fingerprint density at radius 1 is 0.800 bits per heavy atom.